The molecule has 0 aromatic carbocycles. The Kier molecular flexibility index (Phi) is 6.49. The smallest absolute Gasteiger partial charge is 0.0429 e. The van der Waals surface area contributed by atoms with Crippen LogP contribution in [0.25, 0.3) is 0 Å². The zero-order chi connectivity index (χ0) is 17.7. The maximum absolute atomic E-state index is 4.44. The van der Waals surface area contributed by atoms with Gasteiger partial charge < -0.3 is 0 Å². The molecule has 0 saturated carbocycles. The van der Waals surface area contributed by atoms with Crippen molar-refractivity contribution in [2.45, 2.75) is 72.1 Å². The molecule has 0 aliphatic rings. The monoisotopic (exact) mass is 312 g/mol. The first-order valence-corrected chi connectivity index (χ1v) is 8.38. The molecule has 0 saturated heterocycles. The van der Waals surface area contributed by atoms with Crippen molar-refractivity contribution in [3.63, 3.8) is 0 Å². The lowest BCUT2D eigenvalue weighted by molar-refractivity contribution is 0.586. The van der Waals surface area contributed by atoms with Crippen LogP contribution in [0, 0.1) is 0 Å². The van der Waals surface area contributed by atoms with Crippen LogP contribution in [0.2, 0.25) is 0 Å². The van der Waals surface area contributed by atoms with Gasteiger partial charge >= 0.3 is 0 Å². The quantitative estimate of drug-likeness (QED) is 0.657. The first-order valence-electron chi connectivity index (χ1n) is 8.38. The van der Waals surface area contributed by atoms with E-state index in [0.29, 0.717) is 5.92 Å². The highest BCUT2D eigenvalue weighted by atomic mass is 14.7. The fourth-order valence-electron chi connectivity index (χ4n) is 2.04. The molecular formula is C21H32N2. The largest absolute Gasteiger partial charge is 0.265 e. The number of hydrogen-bond acceptors (Lipinski definition) is 2. The van der Waals surface area contributed by atoms with E-state index in [1.165, 1.54) is 16.8 Å². The first kappa shape index (κ1) is 19.3. The normalized spacial score (nSPS) is 11.9. The van der Waals surface area contributed by atoms with Gasteiger partial charge in [-0.15, -0.1) is 0 Å². The van der Waals surface area contributed by atoms with Crippen molar-refractivity contribution in [3.05, 3.63) is 59.7 Å². The minimum absolute atomic E-state index is 0.211. The Morgan fingerprint density at radius 2 is 1.26 bits per heavy atom. The molecule has 126 valence electrons. The highest BCUT2D eigenvalue weighted by Gasteiger charge is 2.14. The molecule has 2 aromatic rings. The van der Waals surface area contributed by atoms with E-state index in [2.05, 4.69) is 89.6 Å². The zero-order valence-corrected chi connectivity index (χ0v) is 16.0. The molecule has 0 fully saturated rings. The maximum atomic E-state index is 4.44. The Morgan fingerprint density at radius 3 is 1.57 bits per heavy atom. The second-order valence-corrected chi connectivity index (χ2v) is 8.36. The van der Waals surface area contributed by atoms with Gasteiger partial charge in [0.1, 0.15) is 0 Å². The van der Waals surface area contributed by atoms with Crippen LogP contribution in [0.3, 0.4) is 0 Å². The maximum Gasteiger partial charge on any atom is 0.0429 e. The van der Waals surface area contributed by atoms with Crippen molar-refractivity contribution in [2.24, 2.45) is 0 Å². The summed E-state index contributed by atoms with van der Waals surface area (Å²) in [6.07, 6.45) is 5.66. The molecule has 2 heteroatoms. The fourth-order valence-corrected chi connectivity index (χ4v) is 2.04. The Morgan fingerprint density at radius 1 is 0.739 bits per heavy atom. The molecule has 0 aliphatic heterocycles. The van der Waals surface area contributed by atoms with Crippen LogP contribution < -0.4 is 0 Å². The topological polar surface area (TPSA) is 25.8 Å². The van der Waals surface area contributed by atoms with E-state index in [-0.39, 0.29) is 10.8 Å². The molecule has 0 N–H and O–H groups in total. The first-order chi connectivity index (χ1) is 10.5. The van der Waals surface area contributed by atoms with E-state index >= 15 is 0 Å². The van der Waals surface area contributed by atoms with E-state index in [1.807, 2.05) is 18.6 Å². The summed E-state index contributed by atoms with van der Waals surface area (Å²) in [6, 6.07) is 8.42. The number of pyridine rings is 2. The van der Waals surface area contributed by atoms with Gasteiger partial charge in [0.2, 0.25) is 0 Å². The number of nitrogens with zero attached hydrogens (tertiary/aromatic N) is 2. The van der Waals surface area contributed by atoms with Gasteiger partial charge in [0.05, 0.1) is 0 Å². The van der Waals surface area contributed by atoms with Crippen LogP contribution in [0.1, 0.15) is 78.1 Å². The lowest BCUT2D eigenvalue weighted by atomic mass is 9.88. The lowest BCUT2D eigenvalue weighted by Gasteiger charge is -2.18. The second-order valence-electron chi connectivity index (χ2n) is 8.36. The average Bonchev–Trinajstić information content (AvgIpc) is 2.47. The van der Waals surface area contributed by atoms with E-state index in [4.69, 9.17) is 0 Å². The third kappa shape index (κ3) is 6.52. The Labute approximate surface area is 142 Å². The summed E-state index contributed by atoms with van der Waals surface area (Å²) < 4.78 is 0. The van der Waals surface area contributed by atoms with Crippen molar-refractivity contribution in [1.82, 2.24) is 9.97 Å². The minimum Gasteiger partial charge on any atom is -0.265 e. The minimum atomic E-state index is 0.211. The van der Waals surface area contributed by atoms with Gasteiger partial charge in [0, 0.05) is 24.3 Å². The predicted molar refractivity (Wildman–Crippen MR) is 100.0 cm³/mol. The Hall–Kier alpha value is -1.70. The zero-order valence-electron chi connectivity index (χ0n) is 16.0. The molecule has 0 atom stereocenters. The van der Waals surface area contributed by atoms with E-state index < -0.39 is 0 Å². The molecule has 0 spiro atoms. The van der Waals surface area contributed by atoms with Crippen LogP contribution in [0.15, 0.2) is 42.9 Å². The number of rotatable bonds is 1. The van der Waals surface area contributed by atoms with Crippen molar-refractivity contribution in [2.75, 3.05) is 0 Å². The summed E-state index contributed by atoms with van der Waals surface area (Å²) >= 11 is 0. The predicted octanol–water partition coefficient (Wildman–Crippen LogP) is 5.88. The Balaban J connectivity index is 0.000000238. The second kappa shape index (κ2) is 7.72. The van der Waals surface area contributed by atoms with Crippen LogP contribution in [-0.2, 0) is 10.8 Å². The molecule has 2 nitrogen and oxygen atoms in total. The molecule has 0 radical (unpaired) electrons. The van der Waals surface area contributed by atoms with Crippen molar-refractivity contribution >= 4 is 0 Å². The van der Waals surface area contributed by atoms with E-state index in [1.54, 1.807) is 0 Å². The lowest BCUT2D eigenvalue weighted by Crippen LogP contribution is -2.11. The summed E-state index contributed by atoms with van der Waals surface area (Å²) in [5.41, 5.74) is 4.28. The van der Waals surface area contributed by atoms with Crippen molar-refractivity contribution in [1.29, 1.82) is 0 Å². The molecule has 2 rings (SSSR count). The van der Waals surface area contributed by atoms with Crippen molar-refractivity contribution in [3.8, 4) is 0 Å². The van der Waals surface area contributed by atoms with Crippen LogP contribution in [0.5, 0.6) is 0 Å². The van der Waals surface area contributed by atoms with Gasteiger partial charge in [-0.2, -0.15) is 0 Å². The Bertz CT molecular complexity index is 570. The SMILES string of the molecule is CC(C)(C)c1ccncc1.CC(C)c1ccc(C(C)(C)C)cn1. The third-order valence-electron chi connectivity index (χ3n) is 3.79. The number of aromatic nitrogens is 2. The van der Waals surface area contributed by atoms with Gasteiger partial charge in [-0.1, -0.05) is 61.5 Å². The van der Waals surface area contributed by atoms with Gasteiger partial charge in [0.25, 0.3) is 0 Å². The summed E-state index contributed by atoms with van der Waals surface area (Å²) in [6.45, 7) is 17.5. The van der Waals surface area contributed by atoms with E-state index in [9.17, 15) is 0 Å². The molecule has 23 heavy (non-hydrogen) atoms. The van der Waals surface area contributed by atoms with Gasteiger partial charge in [-0.05, 0) is 46.1 Å². The van der Waals surface area contributed by atoms with Crippen LogP contribution >= 0.6 is 0 Å². The van der Waals surface area contributed by atoms with Gasteiger partial charge in [0.15, 0.2) is 0 Å². The highest BCUT2D eigenvalue weighted by molar-refractivity contribution is 5.22. The van der Waals surface area contributed by atoms with Gasteiger partial charge in [-0.3, -0.25) is 9.97 Å². The fraction of sp³-hybridized carbons (Fsp3) is 0.524. The average molecular weight is 313 g/mol. The highest BCUT2D eigenvalue weighted by Crippen LogP contribution is 2.22. The molecule has 2 heterocycles. The van der Waals surface area contributed by atoms with Gasteiger partial charge in [-0.25, -0.2) is 0 Å². The summed E-state index contributed by atoms with van der Waals surface area (Å²) in [5.74, 6) is 0.522. The molecule has 0 amide bonds. The molecular weight excluding hydrogens is 280 g/mol. The van der Waals surface area contributed by atoms with Crippen LogP contribution in [-0.4, -0.2) is 9.97 Å². The standard InChI is InChI=1S/C12H19N.C9H13N/c1-9(2)11-7-6-10(8-13-11)12(3,4)5;1-9(2,3)8-4-6-10-7-5-8/h6-9H,1-5H3;4-7H,1-3H3. The van der Waals surface area contributed by atoms with E-state index in [0.717, 1.165) is 0 Å². The number of hydrogen-bond donors (Lipinski definition) is 0. The summed E-state index contributed by atoms with van der Waals surface area (Å²) in [5, 5.41) is 0. The summed E-state index contributed by atoms with van der Waals surface area (Å²) in [4.78, 5) is 8.40. The molecule has 0 bridgehead atoms. The molecule has 0 aliphatic carbocycles. The third-order valence-corrected chi connectivity index (χ3v) is 3.79. The van der Waals surface area contributed by atoms with Crippen LogP contribution in [0.4, 0.5) is 0 Å². The molecule has 0 unspecified atom stereocenters. The van der Waals surface area contributed by atoms with Crippen molar-refractivity contribution < 1.29 is 0 Å². The summed E-state index contributed by atoms with van der Waals surface area (Å²) in [7, 11) is 0. The molecule has 2 aromatic heterocycles.